The summed E-state index contributed by atoms with van der Waals surface area (Å²) in [5.74, 6) is 0. The van der Waals surface area contributed by atoms with Crippen LogP contribution in [0.2, 0.25) is 0 Å². The van der Waals surface area contributed by atoms with Crippen LogP contribution in [-0.2, 0) is 0 Å². The standard InChI is InChI=1S/C11H13BrN2O/c1-11(2,15)7-14-10-5-3-4-9(12)8(10)6-13/h3-5,14-15H,7H2,1-2H3. The van der Waals surface area contributed by atoms with E-state index in [9.17, 15) is 5.11 Å². The number of anilines is 1. The first-order valence-corrected chi connectivity index (χ1v) is 5.38. The maximum absolute atomic E-state index is 9.55. The van der Waals surface area contributed by atoms with E-state index in [0.717, 1.165) is 10.2 Å². The van der Waals surface area contributed by atoms with Crippen molar-refractivity contribution in [2.45, 2.75) is 19.4 Å². The van der Waals surface area contributed by atoms with E-state index >= 15 is 0 Å². The van der Waals surface area contributed by atoms with Gasteiger partial charge in [-0.15, -0.1) is 0 Å². The summed E-state index contributed by atoms with van der Waals surface area (Å²) < 4.78 is 0.755. The Morgan fingerprint density at radius 3 is 2.73 bits per heavy atom. The van der Waals surface area contributed by atoms with Crippen LogP contribution in [0, 0.1) is 11.3 Å². The highest BCUT2D eigenvalue weighted by Gasteiger charge is 2.13. The average Bonchev–Trinajstić information content (AvgIpc) is 2.13. The Morgan fingerprint density at radius 2 is 2.20 bits per heavy atom. The predicted molar refractivity (Wildman–Crippen MR) is 63.6 cm³/mol. The van der Waals surface area contributed by atoms with Crippen molar-refractivity contribution < 1.29 is 5.11 Å². The minimum absolute atomic E-state index is 0.401. The van der Waals surface area contributed by atoms with Crippen LogP contribution in [0.4, 0.5) is 5.69 Å². The Bertz CT molecular complexity index is 391. The van der Waals surface area contributed by atoms with Crippen LogP contribution in [-0.4, -0.2) is 17.3 Å². The molecule has 15 heavy (non-hydrogen) atoms. The second-order valence-electron chi connectivity index (χ2n) is 3.94. The molecule has 0 heterocycles. The number of rotatable bonds is 3. The van der Waals surface area contributed by atoms with E-state index in [1.807, 2.05) is 18.2 Å². The normalized spacial score (nSPS) is 10.9. The molecule has 1 aromatic rings. The molecule has 80 valence electrons. The largest absolute Gasteiger partial charge is 0.389 e. The number of benzene rings is 1. The maximum Gasteiger partial charge on any atom is 0.103 e. The van der Waals surface area contributed by atoms with Crippen molar-refractivity contribution >= 4 is 21.6 Å². The van der Waals surface area contributed by atoms with Gasteiger partial charge in [0.25, 0.3) is 0 Å². The van der Waals surface area contributed by atoms with E-state index in [4.69, 9.17) is 5.26 Å². The predicted octanol–water partition coefficient (Wildman–Crippen LogP) is 2.50. The van der Waals surface area contributed by atoms with Gasteiger partial charge in [0.15, 0.2) is 0 Å². The van der Waals surface area contributed by atoms with Gasteiger partial charge in [0.05, 0.1) is 16.9 Å². The van der Waals surface area contributed by atoms with Crippen LogP contribution in [0.1, 0.15) is 19.4 Å². The van der Waals surface area contributed by atoms with Crippen LogP contribution in [0.15, 0.2) is 22.7 Å². The number of hydrogen-bond donors (Lipinski definition) is 2. The molecule has 0 aliphatic carbocycles. The first kappa shape index (κ1) is 12.0. The molecule has 0 saturated carbocycles. The Kier molecular flexibility index (Phi) is 3.72. The van der Waals surface area contributed by atoms with Crippen LogP contribution >= 0.6 is 15.9 Å². The van der Waals surface area contributed by atoms with Gasteiger partial charge in [-0.25, -0.2) is 0 Å². The molecule has 0 bridgehead atoms. The smallest absolute Gasteiger partial charge is 0.103 e. The molecule has 0 amide bonds. The van der Waals surface area contributed by atoms with Gasteiger partial charge < -0.3 is 10.4 Å². The molecule has 2 N–H and O–H groups in total. The molecule has 0 fully saturated rings. The number of nitriles is 1. The fourth-order valence-corrected chi connectivity index (χ4v) is 1.55. The van der Waals surface area contributed by atoms with Gasteiger partial charge in [-0.05, 0) is 41.9 Å². The molecule has 0 atom stereocenters. The van der Waals surface area contributed by atoms with Gasteiger partial charge in [-0.2, -0.15) is 5.26 Å². The van der Waals surface area contributed by atoms with Gasteiger partial charge in [-0.1, -0.05) is 6.07 Å². The van der Waals surface area contributed by atoms with Crippen LogP contribution in [0.5, 0.6) is 0 Å². The fourth-order valence-electron chi connectivity index (χ4n) is 1.10. The minimum atomic E-state index is -0.797. The molecular formula is C11H13BrN2O. The van der Waals surface area contributed by atoms with Gasteiger partial charge in [0.2, 0.25) is 0 Å². The molecule has 0 radical (unpaired) electrons. The van der Waals surface area contributed by atoms with Crippen LogP contribution in [0.25, 0.3) is 0 Å². The van der Waals surface area contributed by atoms with E-state index in [2.05, 4.69) is 27.3 Å². The number of nitrogens with one attached hydrogen (secondary N) is 1. The van der Waals surface area contributed by atoms with Crippen LogP contribution < -0.4 is 5.32 Å². The lowest BCUT2D eigenvalue weighted by Gasteiger charge is -2.19. The summed E-state index contributed by atoms with van der Waals surface area (Å²) in [6, 6.07) is 7.58. The van der Waals surface area contributed by atoms with Crippen molar-refractivity contribution in [3.05, 3.63) is 28.2 Å². The van der Waals surface area contributed by atoms with Crippen molar-refractivity contribution in [1.29, 1.82) is 5.26 Å². The first-order chi connectivity index (χ1) is 6.94. The highest BCUT2D eigenvalue weighted by molar-refractivity contribution is 9.10. The zero-order chi connectivity index (χ0) is 11.5. The maximum atomic E-state index is 9.55. The SMILES string of the molecule is CC(C)(O)CNc1cccc(Br)c1C#N. The molecule has 4 heteroatoms. The molecule has 0 spiro atoms. The Morgan fingerprint density at radius 1 is 1.53 bits per heavy atom. The molecular weight excluding hydrogens is 256 g/mol. The van der Waals surface area contributed by atoms with Crippen molar-refractivity contribution in [3.8, 4) is 6.07 Å². The average molecular weight is 269 g/mol. The zero-order valence-corrected chi connectivity index (χ0v) is 10.3. The molecule has 0 unspecified atom stereocenters. The summed E-state index contributed by atoms with van der Waals surface area (Å²) in [6.45, 7) is 3.83. The number of aliphatic hydroxyl groups is 1. The molecule has 1 rings (SSSR count). The zero-order valence-electron chi connectivity index (χ0n) is 8.71. The van der Waals surface area contributed by atoms with E-state index in [0.29, 0.717) is 12.1 Å². The summed E-state index contributed by atoms with van der Waals surface area (Å²) in [7, 11) is 0. The molecule has 0 saturated heterocycles. The molecule has 1 aromatic carbocycles. The van der Waals surface area contributed by atoms with E-state index < -0.39 is 5.60 Å². The first-order valence-electron chi connectivity index (χ1n) is 4.59. The lowest BCUT2D eigenvalue weighted by atomic mass is 10.1. The fraction of sp³-hybridized carbons (Fsp3) is 0.364. The second-order valence-corrected chi connectivity index (χ2v) is 4.79. The summed E-state index contributed by atoms with van der Waals surface area (Å²) in [4.78, 5) is 0. The quantitative estimate of drug-likeness (QED) is 0.886. The molecule has 0 aromatic heterocycles. The monoisotopic (exact) mass is 268 g/mol. The van der Waals surface area contributed by atoms with Gasteiger partial charge in [0.1, 0.15) is 6.07 Å². The Hall–Kier alpha value is -1.05. The van der Waals surface area contributed by atoms with Crippen molar-refractivity contribution in [2.24, 2.45) is 0 Å². The second kappa shape index (κ2) is 4.65. The van der Waals surface area contributed by atoms with Crippen molar-refractivity contribution in [3.63, 3.8) is 0 Å². The molecule has 0 aliphatic heterocycles. The van der Waals surface area contributed by atoms with Crippen molar-refractivity contribution in [1.82, 2.24) is 0 Å². The molecule has 0 aliphatic rings. The lowest BCUT2D eigenvalue weighted by molar-refractivity contribution is 0.0945. The summed E-state index contributed by atoms with van der Waals surface area (Å²) in [6.07, 6.45) is 0. The lowest BCUT2D eigenvalue weighted by Crippen LogP contribution is -2.29. The van der Waals surface area contributed by atoms with E-state index in [1.54, 1.807) is 13.8 Å². The minimum Gasteiger partial charge on any atom is -0.389 e. The third kappa shape index (κ3) is 3.54. The van der Waals surface area contributed by atoms with E-state index in [-0.39, 0.29) is 0 Å². The Labute approximate surface area is 97.9 Å². The summed E-state index contributed by atoms with van der Waals surface area (Å²) >= 11 is 3.30. The van der Waals surface area contributed by atoms with Gasteiger partial charge in [-0.3, -0.25) is 0 Å². The highest BCUT2D eigenvalue weighted by Crippen LogP contribution is 2.24. The van der Waals surface area contributed by atoms with Gasteiger partial charge in [0, 0.05) is 11.0 Å². The van der Waals surface area contributed by atoms with Crippen molar-refractivity contribution in [2.75, 3.05) is 11.9 Å². The van der Waals surface area contributed by atoms with E-state index in [1.165, 1.54) is 0 Å². The topological polar surface area (TPSA) is 56.0 Å². The number of nitrogens with zero attached hydrogens (tertiary/aromatic N) is 1. The third-order valence-corrected chi connectivity index (χ3v) is 2.50. The number of hydrogen-bond acceptors (Lipinski definition) is 3. The third-order valence-electron chi connectivity index (χ3n) is 1.84. The molecule has 3 nitrogen and oxygen atoms in total. The highest BCUT2D eigenvalue weighted by atomic mass is 79.9. The van der Waals surface area contributed by atoms with Crippen LogP contribution in [0.3, 0.4) is 0 Å². The number of halogens is 1. The summed E-state index contributed by atoms with van der Waals surface area (Å²) in [5.41, 5.74) is 0.491. The Balaban J connectivity index is 2.87. The van der Waals surface area contributed by atoms with Gasteiger partial charge >= 0.3 is 0 Å². The summed E-state index contributed by atoms with van der Waals surface area (Å²) in [5, 5.41) is 21.5.